The van der Waals surface area contributed by atoms with Crippen LogP contribution in [0.2, 0.25) is 0 Å². The molecule has 82 valence electrons. The van der Waals surface area contributed by atoms with E-state index in [1.165, 1.54) is 0 Å². The van der Waals surface area contributed by atoms with E-state index in [-0.39, 0.29) is 0 Å². The van der Waals surface area contributed by atoms with Crippen molar-refractivity contribution in [2.24, 2.45) is 0 Å². The van der Waals surface area contributed by atoms with E-state index in [4.69, 9.17) is 5.73 Å². The highest BCUT2D eigenvalue weighted by atomic mass is 79.9. The quantitative estimate of drug-likeness (QED) is 0.811. The molecule has 4 nitrogen and oxygen atoms in total. The molecule has 1 aromatic heterocycles. The SMILES string of the molecule is CC1(O)CCN(c2c(N)cncc2Br)C1. The average molecular weight is 272 g/mol. The molecule has 0 saturated carbocycles. The first-order chi connectivity index (χ1) is 6.99. The number of rotatable bonds is 1. The summed E-state index contributed by atoms with van der Waals surface area (Å²) in [5, 5.41) is 9.89. The predicted octanol–water partition coefficient (Wildman–Crippen LogP) is 1.39. The lowest BCUT2D eigenvalue weighted by molar-refractivity contribution is 0.0839. The normalized spacial score (nSPS) is 25.9. The van der Waals surface area contributed by atoms with Crippen LogP contribution in [0.15, 0.2) is 16.9 Å². The lowest BCUT2D eigenvalue weighted by Crippen LogP contribution is -2.30. The van der Waals surface area contributed by atoms with Gasteiger partial charge >= 0.3 is 0 Å². The number of anilines is 2. The zero-order valence-electron chi connectivity index (χ0n) is 8.57. The molecule has 2 heterocycles. The Hall–Kier alpha value is -0.810. The first-order valence-corrected chi connectivity index (χ1v) is 5.65. The summed E-state index contributed by atoms with van der Waals surface area (Å²) in [6.07, 6.45) is 4.12. The highest BCUT2D eigenvalue weighted by Crippen LogP contribution is 2.35. The summed E-state index contributed by atoms with van der Waals surface area (Å²) in [6.45, 7) is 3.28. The fourth-order valence-corrected chi connectivity index (χ4v) is 2.51. The van der Waals surface area contributed by atoms with E-state index in [1.807, 2.05) is 6.92 Å². The summed E-state index contributed by atoms with van der Waals surface area (Å²) in [5.74, 6) is 0. The molecular weight excluding hydrogens is 258 g/mol. The second-order valence-corrected chi connectivity index (χ2v) is 5.08. The van der Waals surface area contributed by atoms with E-state index < -0.39 is 5.60 Å². The molecule has 5 heteroatoms. The maximum absolute atomic E-state index is 9.89. The molecule has 1 aliphatic rings. The molecule has 1 atom stereocenters. The summed E-state index contributed by atoms with van der Waals surface area (Å²) in [4.78, 5) is 6.08. The number of β-amino-alcohol motifs (C(OH)–C–C–N with tert-alkyl or cyclic N) is 1. The minimum atomic E-state index is -0.616. The fourth-order valence-electron chi connectivity index (χ4n) is 1.91. The van der Waals surface area contributed by atoms with Gasteiger partial charge in [0.2, 0.25) is 0 Å². The molecule has 1 fully saturated rings. The molecule has 1 saturated heterocycles. The lowest BCUT2D eigenvalue weighted by Gasteiger charge is -2.23. The predicted molar refractivity (Wildman–Crippen MR) is 63.8 cm³/mol. The summed E-state index contributed by atoms with van der Waals surface area (Å²) in [7, 11) is 0. The Labute approximate surface area is 97.2 Å². The molecule has 1 aliphatic heterocycles. The van der Waals surface area contributed by atoms with Gasteiger partial charge in [0.15, 0.2) is 0 Å². The van der Waals surface area contributed by atoms with Gasteiger partial charge in [-0.2, -0.15) is 0 Å². The summed E-state index contributed by atoms with van der Waals surface area (Å²) in [5.41, 5.74) is 6.83. The molecule has 2 rings (SSSR count). The van der Waals surface area contributed by atoms with Crippen LogP contribution < -0.4 is 10.6 Å². The Kier molecular flexibility index (Phi) is 2.60. The van der Waals surface area contributed by atoms with Crippen LogP contribution >= 0.6 is 15.9 Å². The van der Waals surface area contributed by atoms with E-state index in [0.29, 0.717) is 12.2 Å². The number of aromatic nitrogens is 1. The molecular formula is C10H14BrN3O. The van der Waals surface area contributed by atoms with Gasteiger partial charge in [-0.3, -0.25) is 4.98 Å². The number of hydrogen-bond donors (Lipinski definition) is 2. The third-order valence-electron chi connectivity index (χ3n) is 2.67. The maximum atomic E-state index is 9.89. The Morgan fingerprint density at radius 1 is 1.60 bits per heavy atom. The smallest absolute Gasteiger partial charge is 0.0810 e. The van der Waals surface area contributed by atoms with E-state index in [1.54, 1.807) is 12.4 Å². The summed E-state index contributed by atoms with van der Waals surface area (Å²) < 4.78 is 0.875. The highest BCUT2D eigenvalue weighted by molar-refractivity contribution is 9.10. The summed E-state index contributed by atoms with van der Waals surface area (Å²) >= 11 is 3.43. The van der Waals surface area contributed by atoms with Crippen molar-refractivity contribution < 1.29 is 5.11 Å². The van der Waals surface area contributed by atoms with Crippen LogP contribution in [0.5, 0.6) is 0 Å². The van der Waals surface area contributed by atoms with Crippen molar-refractivity contribution in [2.45, 2.75) is 18.9 Å². The monoisotopic (exact) mass is 271 g/mol. The Morgan fingerprint density at radius 3 is 2.87 bits per heavy atom. The molecule has 1 aromatic rings. The van der Waals surface area contributed by atoms with E-state index >= 15 is 0 Å². The molecule has 1 unspecified atom stereocenters. The van der Waals surface area contributed by atoms with Crippen LogP contribution in [-0.4, -0.2) is 28.8 Å². The number of nitrogen functional groups attached to an aromatic ring is 1. The van der Waals surface area contributed by atoms with E-state index in [0.717, 1.165) is 23.1 Å². The number of hydrogen-bond acceptors (Lipinski definition) is 4. The van der Waals surface area contributed by atoms with Crippen molar-refractivity contribution in [3.63, 3.8) is 0 Å². The van der Waals surface area contributed by atoms with Crippen LogP contribution in [-0.2, 0) is 0 Å². The summed E-state index contributed by atoms with van der Waals surface area (Å²) in [6, 6.07) is 0. The zero-order valence-corrected chi connectivity index (χ0v) is 10.2. The number of nitrogens with two attached hydrogens (primary N) is 1. The van der Waals surface area contributed by atoms with E-state index in [9.17, 15) is 5.11 Å². The first kappa shape index (κ1) is 10.7. The molecule has 0 radical (unpaired) electrons. The lowest BCUT2D eigenvalue weighted by atomic mass is 10.1. The number of pyridine rings is 1. The van der Waals surface area contributed by atoms with Crippen LogP contribution in [0.1, 0.15) is 13.3 Å². The fraction of sp³-hybridized carbons (Fsp3) is 0.500. The van der Waals surface area contributed by atoms with Crippen LogP contribution in [0, 0.1) is 0 Å². The highest BCUT2D eigenvalue weighted by Gasteiger charge is 2.32. The van der Waals surface area contributed by atoms with Crippen molar-refractivity contribution >= 4 is 27.3 Å². The number of nitrogens with zero attached hydrogens (tertiary/aromatic N) is 2. The van der Waals surface area contributed by atoms with Gasteiger partial charge in [0.25, 0.3) is 0 Å². The van der Waals surface area contributed by atoms with Crippen molar-refractivity contribution in [3.05, 3.63) is 16.9 Å². The van der Waals surface area contributed by atoms with Gasteiger partial charge < -0.3 is 15.7 Å². The van der Waals surface area contributed by atoms with Crippen molar-refractivity contribution in [2.75, 3.05) is 23.7 Å². The molecule has 0 aliphatic carbocycles. The van der Waals surface area contributed by atoms with Gasteiger partial charge in [0.1, 0.15) is 0 Å². The topological polar surface area (TPSA) is 62.4 Å². The van der Waals surface area contributed by atoms with Crippen molar-refractivity contribution in [1.29, 1.82) is 0 Å². The van der Waals surface area contributed by atoms with Crippen molar-refractivity contribution in [3.8, 4) is 0 Å². The van der Waals surface area contributed by atoms with E-state index in [2.05, 4.69) is 25.8 Å². The largest absolute Gasteiger partial charge is 0.396 e. The van der Waals surface area contributed by atoms with Crippen LogP contribution in [0.4, 0.5) is 11.4 Å². The van der Waals surface area contributed by atoms with Gasteiger partial charge in [-0.15, -0.1) is 0 Å². The molecule has 15 heavy (non-hydrogen) atoms. The van der Waals surface area contributed by atoms with Gasteiger partial charge in [-0.05, 0) is 29.3 Å². The molecule has 0 bridgehead atoms. The Bertz CT molecular complexity index is 361. The van der Waals surface area contributed by atoms with Gasteiger partial charge in [0, 0.05) is 19.3 Å². The Balaban J connectivity index is 2.31. The number of halogens is 1. The molecule has 3 N–H and O–H groups in total. The standard InChI is InChI=1S/C10H14BrN3O/c1-10(15)2-3-14(6-10)9-7(11)4-13-5-8(9)12/h4-5,15H,2-3,6,12H2,1H3. The minimum absolute atomic E-state index is 0.611. The van der Waals surface area contributed by atoms with Gasteiger partial charge in [-0.1, -0.05) is 0 Å². The van der Waals surface area contributed by atoms with Gasteiger partial charge in [-0.25, -0.2) is 0 Å². The number of aliphatic hydroxyl groups is 1. The molecule has 0 aromatic carbocycles. The molecule has 0 spiro atoms. The third kappa shape index (κ3) is 2.08. The second kappa shape index (κ2) is 3.64. The van der Waals surface area contributed by atoms with Crippen LogP contribution in [0.25, 0.3) is 0 Å². The zero-order chi connectivity index (χ0) is 11.1. The first-order valence-electron chi connectivity index (χ1n) is 4.86. The Morgan fingerprint density at radius 2 is 2.33 bits per heavy atom. The van der Waals surface area contributed by atoms with Crippen LogP contribution in [0.3, 0.4) is 0 Å². The van der Waals surface area contributed by atoms with Gasteiger partial charge in [0.05, 0.1) is 27.6 Å². The average Bonchev–Trinajstić information content (AvgIpc) is 2.46. The second-order valence-electron chi connectivity index (χ2n) is 4.23. The van der Waals surface area contributed by atoms with Crippen molar-refractivity contribution in [1.82, 2.24) is 4.98 Å². The molecule has 0 amide bonds. The maximum Gasteiger partial charge on any atom is 0.0810 e. The minimum Gasteiger partial charge on any atom is -0.396 e. The third-order valence-corrected chi connectivity index (χ3v) is 3.25.